The maximum Gasteiger partial charge on any atom is 0.274 e. The van der Waals surface area contributed by atoms with Gasteiger partial charge >= 0.3 is 0 Å². The summed E-state index contributed by atoms with van der Waals surface area (Å²) in [4.78, 5) is 28.7. The molecule has 1 unspecified atom stereocenters. The number of ether oxygens (including phenoxy) is 1. The molecule has 1 aliphatic rings. The zero-order valence-electron chi connectivity index (χ0n) is 14.8. The summed E-state index contributed by atoms with van der Waals surface area (Å²) in [6.07, 6.45) is 4.48. The van der Waals surface area contributed by atoms with Crippen LogP contribution in [0.25, 0.3) is 0 Å². The van der Waals surface area contributed by atoms with E-state index in [2.05, 4.69) is 22.5 Å². The molecule has 6 nitrogen and oxygen atoms in total. The number of aromatic nitrogens is 1. The van der Waals surface area contributed by atoms with Crippen molar-refractivity contribution in [2.24, 2.45) is 0 Å². The average Bonchev–Trinajstić information content (AvgIpc) is 3.20. The van der Waals surface area contributed by atoms with Gasteiger partial charge in [-0.25, -0.2) is 0 Å². The monoisotopic (exact) mass is 353 g/mol. The van der Waals surface area contributed by atoms with E-state index in [4.69, 9.17) is 4.74 Å². The van der Waals surface area contributed by atoms with Gasteiger partial charge in [-0.3, -0.25) is 14.6 Å². The average molecular weight is 353 g/mol. The second kappa shape index (κ2) is 8.58. The minimum absolute atomic E-state index is 0.0784. The molecule has 2 N–H and O–H groups in total. The Labute approximate surface area is 153 Å². The number of nitrogens with zero attached hydrogens (tertiary/aromatic N) is 1. The molecule has 1 aliphatic heterocycles. The number of aryl methyl sites for hydroxylation is 1. The normalized spacial score (nSPS) is 16.3. The van der Waals surface area contributed by atoms with E-state index in [0.29, 0.717) is 17.8 Å². The lowest BCUT2D eigenvalue weighted by molar-refractivity contribution is 0.0857. The van der Waals surface area contributed by atoms with Gasteiger partial charge < -0.3 is 15.4 Å². The summed E-state index contributed by atoms with van der Waals surface area (Å²) in [7, 11) is 0. The highest BCUT2D eigenvalue weighted by Gasteiger charge is 2.17. The molecular weight excluding hydrogens is 330 g/mol. The van der Waals surface area contributed by atoms with Crippen molar-refractivity contribution in [3.8, 4) is 0 Å². The summed E-state index contributed by atoms with van der Waals surface area (Å²) >= 11 is 0. The molecular formula is C20H23N3O3. The fourth-order valence-electron chi connectivity index (χ4n) is 2.83. The van der Waals surface area contributed by atoms with Gasteiger partial charge in [0.2, 0.25) is 0 Å². The fraction of sp³-hybridized carbons (Fsp3) is 0.350. The van der Waals surface area contributed by atoms with Gasteiger partial charge in [-0.2, -0.15) is 0 Å². The topological polar surface area (TPSA) is 80.3 Å². The van der Waals surface area contributed by atoms with E-state index in [0.717, 1.165) is 25.9 Å². The lowest BCUT2D eigenvalue weighted by atomic mass is 10.1. The van der Waals surface area contributed by atoms with Crippen LogP contribution in [0, 0.1) is 0 Å². The summed E-state index contributed by atoms with van der Waals surface area (Å²) in [6, 6.07) is 10.7. The summed E-state index contributed by atoms with van der Waals surface area (Å²) in [5.41, 5.74) is 2.51. The van der Waals surface area contributed by atoms with E-state index < -0.39 is 0 Å². The van der Waals surface area contributed by atoms with Crippen LogP contribution in [0.1, 0.15) is 46.2 Å². The van der Waals surface area contributed by atoms with E-state index in [1.165, 1.54) is 17.8 Å². The summed E-state index contributed by atoms with van der Waals surface area (Å²) < 4.78 is 5.49. The van der Waals surface area contributed by atoms with Gasteiger partial charge in [0, 0.05) is 30.6 Å². The minimum Gasteiger partial charge on any atom is -0.376 e. The molecule has 0 aliphatic carbocycles. The maximum absolute atomic E-state index is 12.4. The molecule has 1 saturated heterocycles. The number of carbonyl (C=O) groups is 2. The second-order valence-corrected chi connectivity index (χ2v) is 6.28. The number of benzene rings is 1. The number of nitrogens with one attached hydrogen (secondary N) is 2. The Bertz CT molecular complexity index is 768. The highest BCUT2D eigenvalue weighted by Crippen LogP contribution is 2.13. The van der Waals surface area contributed by atoms with Gasteiger partial charge in [0.1, 0.15) is 5.69 Å². The highest BCUT2D eigenvalue weighted by atomic mass is 16.5. The lowest BCUT2D eigenvalue weighted by Gasteiger charge is -2.11. The Morgan fingerprint density at radius 2 is 2.00 bits per heavy atom. The number of carbonyl (C=O) groups excluding carboxylic acids is 2. The van der Waals surface area contributed by atoms with Crippen LogP contribution >= 0.6 is 0 Å². The van der Waals surface area contributed by atoms with Gasteiger partial charge in [-0.1, -0.05) is 19.1 Å². The van der Waals surface area contributed by atoms with Gasteiger partial charge in [-0.05, 0) is 49.1 Å². The first-order chi connectivity index (χ1) is 12.7. The van der Waals surface area contributed by atoms with Crippen LogP contribution in [-0.2, 0) is 11.2 Å². The molecule has 1 fully saturated rings. The van der Waals surface area contributed by atoms with Gasteiger partial charge in [0.25, 0.3) is 11.8 Å². The minimum atomic E-state index is -0.344. The maximum atomic E-state index is 12.4. The van der Waals surface area contributed by atoms with E-state index in [9.17, 15) is 9.59 Å². The molecule has 6 heteroatoms. The van der Waals surface area contributed by atoms with E-state index >= 15 is 0 Å². The quantitative estimate of drug-likeness (QED) is 0.837. The van der Waals surface area contributed by atoms with Crippen molar-refractivity contribution in [1.29, 1.82) is 0 Å². The molecule has 2 amide bonds. The highest BCUT2D eigenvalue weighted by molar-refractivity contribution is 6.04. The summed E-state index contributed by atoms with van der Waals surface area (Å²) in [5.74, 6) is -0.577. The third-order valence-electron chi connectivity index (χ3n) is 4.39. The fourth-order valence-corrected chi connectivity index (χ4v) is 2.83. The number of amides is 2. The Balaban J connectivity index is 1.61. The van der Waals surface area contributed by atoms with Crippen LogP contribution in [0.2, 0.25) is 0 Å². The number of hydrogen-bond acceptors (Lipinski definition) is 4. The predicted molar refractivity (Wildman–Crippen MR) is 99.3 cm³/mol. The molecule has 1 aromatic heterocycles. The Morgan fingerprint density at radius 1 is 1.19 bits per heavy atom. The second-order valence-electron chi connectivity index (χ2n) is 6.28. The first-order valence-electron chi connectivity index (χ1n) is 8.92. The van der Waals surface area contributed by atoms with Crippen LogP contribution in [0.4, 0.5) is 5.69 Å². The summed E-state index contributed by atoms with van der Waals surface area (Å²) in [6.45, 7) is 3.30. The summed E-state index contributed by atoms with van der Waals surface area (Å²) in [5, 5.41) is 5.65. The van der Waals surface area contributed by atoms with Crippen LogP contribution in [0.15, 0.2) is 42.6 Å². The largest absolute Gasteiger partial charge is 0.376 e. The molecule has 1 atom stereocenters. The lowest BCUT2D eigenvalue weighted by Crippen LogP contribution is -2.32. The Kier molecular flexibility index (Phi) is 5.96. The number of hydrogen-bond donors (Lipinski definition) is 2. The molecule has 2 aromatic rings. The molecule has 1 aromatic carbocycles. The van der Waals surface area contributed by atoms with Crippen LogP contribution in [0.3, 0.4) is 0 Å². The SMILES string of the molecule is CCc1ccc(NC(=O)c2cc(C(=O)NCC3CCCO3)ccn2)cc1. The first-order valence-corrected chi connectivity index (χ1v) is 8.92. The Hall–Kier alpha value is -2.73. The standard InChI is InChI=1S/C20H23N3O3/c1-2-14-5-7-16(8-6-14)23-20(25)18-12-15(9-10-21-18)19(24)22-13-17-4-3-11-26-17/h5-10,12,17H,2-4,11,13H2,1H3,(H,22,24)(H,23,25). The van der Waals surface area contributed by atoms with Gasteiger partial charge in [0.05, 0.1) is 6.10 Å². The van der Waals surface area contributed by atoms with E-state index in [1.807, 2.05) is 24.3 Å². The molecule has 0 saturated carbocycles. The third kappa shape index (κ3) is 4.67. The van der Waals surface area contributed by atoms with Gasteiger partial charge in [-0.15, -0.1) is 0 Å². The van der Waals surface area contributed by atoms with Crippen molar-refractivity contribution in [2.45, 2.75) is 32.3 Å². The van der Waals surface area contributed by atoms with Crippen molar-refractivity contribution in [1.82, 2.24) is 10.3 Å². The number of pyridine rings is 1. The van der Waals surface area contributed by atoms with Crippen molar-refractivity contribution in [2.75, 3.05) is 18.5 Å². The molecule has 26 heavy (non-hydrogen) atoms. The molecule has 2 heterocycles. The van der Waals surface area contributed by atoms with E-state index in [1.54, 1.807) is 6.07 Å². The third-order valence-corrected chi connectivity index (χ3v) is 4.39. The van der Waals surface area contributed by atoms with Crippen LogP contribution in [-0.4, -0.2) is 36.1 Å². The first kappa shape index (κ1) is 18.1. The van der Waals surface area contributed by atoms with Crippen LogP contribution in [0.5, 0.6) is 0 Å². The van der Waals surface area contributed by atoms with Crippen LogP contribution < -0.4 is 10.6 Å². The molecule has 3 rings (SSSR count). The van der Waals surface area contributed by atoms with Crippen molar-refractivity contribution in [3.05, 3.63) is 59.4 Å². The molecule has 0 radical (unpaired) electrons. The number of anilines is 1. The molecule has 0 spiro atoms. The van der Waals surface area contributed by atoms with Crippen molar-refractivity contribution < 1.29 is 14.3 Å². The zero-order valence-corrected chi connectivity index (χ0v) is 14.8. The van der Waals surface area contributed by atoms with Crippen molar-refractivity contribution in [3.63, 3.8) is 0 Å². The van der Waals surface area contributed by atoms with Gasteiger partial charge in [0.15, 0.2) is 0 Å². The molecule has 136 valence electrons. The smallest absolute Gasteiger partial charge is 0.274 e. The zero-order chi connectivity index (χ0) is 18.4. The van der Waals surface area contributed by atoms with Crippen molar-refractivity contribution >= 4 is 17.5 Å². The Morgan fingerprint density at radius 3 is 2.69 bits per heavy atom. The molecule has 0 bridgehead atoms. The predicted octanol–water partition coefficient (Wildman–Crippen LogP) is 2.81. The number of rotatable bonds is 6. The van der Waals surface area contributed by atoms with E-state index in [-0.39, 0.29) is 23.6 Å².